The first-order valence-corrected chi connectivity index (χ1v) is 4.82. The summed E-state index contributed by atoms with van der Waals surface area (Å²) in [5.74, 6) is 2.42. The van der Waals surface area contributed by atoms with Gasteiger partial charge in [-0.3, -0.25) is 0 Å². The van der Waals surface area contributed by atoms with Gasteiger partial charge in [0.15, 0.2) is 0 Å². The van der Waals surface area contributed by atoms with E-state index in [1.54, 1.807) is 0 Å². The van der Waals surface area contributed by atoms with Gasteiger partial charge >= 0.3 is 0 Å². The SMILES string of the molecule is C1NCC1CSC1CC1. The van der Waals surface area contributed by atoms with Gasteiger partial charge in [-0.2, -0.15) is 11.8 Å². The first-order chi connectivity index (χ1) is 4.45. The molecule has 1 heterocycles. The Balaban J connectivity index is 1.55. The van der Waals surface area contributed by atoms with Gasteiger partial charge in [0.2, 0.25) is 0 Å². The van der Waals surface area contributed by atoms with Gasteiger partial charge < -0.3 is 5.32 Å². The van der Waals surface area contributed by atoms with Crippen LogP contribution in [-0.2, 0) is 0 Å². The number of rotatable bonds is 3. The van der Waals surface area contributed by atoms with Crippen molar-refractivity contribution in [3.63, 3.8) is 0 Å². The molecular weight excluding hydrogens is 130 g/mol. The summed E-state index contributed by atoms with van der Waals surface area (Å²) in [7, 11) is 0. The van der Waals surface area contributed by atoms with Crippen LogP contribution in [0, 0.1) is 5.92 Å². The van der Waals surface area contributed by atoms with Crippen LogP contribution in [0.1, 0.15) is 12.8 Å². The molecule has 2 fully saturated rings. The van der Waals surface area contributed by atoms with E-state index in [2.05, 4.69) is 17.1 Å². The van der Waals surface area contributed by atoms with Crippen molar-refractivity contribution in [1.82, 2.24) is 5.32 Å². The minimum atomic E-state index is 1.01. The molecule has 1 aliphatic carbocycles. The number of thioether (sulfide) groups is 1. The molecule has 2 heteroatoms. The third-order valence-corrected chi connectivity index (χ3v) is 3.56. The lowest BCUT2D eigenvalue weighted by atomic mass is 10.1. The van der Waals surface area contributed by atoms with Gasteiger partial charge in [-0.15, -0.1) is 0 Å². The van der Waals surface area contributed by atoms with Gasteiger partial charge in [-0.1, -0.05) is 0 Å². The highest BCUT2D eigenvalue weighted by Crippen LogP contribution is 2.35. The smallest absolute Gasteiger partial charge is 0.00479 e. The van der Waals surface area contributed by atoms with Gasteiger partial charge in [0.05, 0.1) is 0 Å². The van der Waals surface area contributed by atoms with E-state index in [1.807, 2.05) is 0 Å². The van der Waals surface area contributed by atoms with Crippen molar-refractivity contribution in [2.75, 3.05) is 18.8 Å². The summed E-state index contributed by atoms with van der Waals surface area (Å²) in [6.07, 6.45) is 2.98. The molecule has 0 unspecified atom stereocenters. The Morgan fingerprint density at radius 3 is 2.56 bits per heavy atom. The van der Waals surface area contributed by atoms with Crippen LogP contribution in [0.15, 0.2) is 0 Å². The first-order valence-electron chi connectivity index (χ1n) is 3.77. The molecule has 1 aliphatic heterocycles. The highest BCUT2D eigenvalue weighted by atomic mass is 32.2. The average Bonchev–Trinajstić information content (AvgIpc) is 2.44. The van der Waals surface area contributed by atoms with Crippen molar-refractivity contribution in [2.24, 2.45) is 5.92 Å². The molecule has 0 atom stereocenters. The number of nitrogens with one attached hydrogen (secondary N) is 1. The summed E-state index contributed by atoms with van der Waals surface area (Å²) in [4.78, 5) is 0. The monoisotopic (exact) mass is 143 g/mol. The zero-order chi connectivity index (χ0) is 6.10. The fraction of sp³-hybridized carbons (Fsp3) is 1.00. The Hall–Kier alpha value is 0.310. The second-order valence-electron chi connectivity index (χ2n) is 3.06. The highest BCUT2D eigenvalue weighted by molar-refractivity contribution is 8.00. The van der Waals surface area contributed by atoms with Crippen LogP contribution >= 0.6 is 11.8 Å². The highest BCUT2D eigenvalue weighted by Gasteiger charge is 2.24. The van der Waals surface area contributed by atoms with E-state index in [0.29, 0.717) is 0 Å². The molecule has 0 spiro atoms. The van der Waals surface area contributed by atoms with E-state index in [4.69, 9.17) is 0 Å². The molecule has 1 N–H and O–H groups in total. The molecule has 52 valence electrons. The summed E-state index contributed by atoms with van der Waals surface area (Å²) in [6.45, 7) is 2.56. The quantitative estimate of drug-likeness (QED) is 0.635. The van der Waals surface area contributed by atoms with Crippen LogP contribution < -0.4 is 5.32 Å². The molecule has 0 radical (unpaired) electrons. The van der Waals surface area contributed by atoms with Crippen molar-refractivity contribution >= 4 is 11.8 Å². The van der Waals surface area contributed by atoms with Crippen LogP contribution in [0.2, 0.25) is 0 Å². The van der Waals surface area contributed by atoms with E-state index < -0.39 is 0 Å². The lowest BCUT2D eigenvalue weighted by Crippen LogP contribution is -2.43. The van der Waals surface area contributed by atoms with Crippen LogP contribution in [0.25, 0.3) is 0 Å². The lowest BCUT2D eigenvalue weighted by Gasteiger charge is -2.26. The Labute approximate surface area is 60.6 Å². The Kier molecular flexibility index (Phi) is 1.68. The summed E-state index contributed by atoms with van der Waals surface area (Å²) in [5, 5.41) is 4.35. The predicted octanol–water partition coefficient (Wildman–Crippen LogP) is 1.10. The van der Waals surface area contributed by atoms with Crippen molar-refractivity contribution in [1.29, 1.82) is 0 Å². The number of hydrogen-bond donors (Lipinski definition) is 1. The van der Waals surface area contributed by atoms with E-state index in [9.17, 15) is 0 Å². The molecule has 1 saturated carbocycles. The molecule has 1 saturated heterocycles. The molecule has 1 nitrogen and oxygen atoms in total. The molecule has 0 aromatic carbocycles. The summed E-state index contributed by atoms with van der Waals surface area (Å²) in [5.41, 5.74) is 0. The molecule has 9 heavy (non-hydrogen) atoms. The van der Waals surface area contributed by atoms with Crippen molar-refractivity contribution in [2.45, 2.75) is 18.1 Å². The Bertz CT molecular complexity index is 97.1. The molecule has 0 amide bonds. The zero-order valence-corrected chi connectivity index (χ0v) is 6.41. The average molecular weight is 143 g/mol. The first kappa shape index (κ1) is 6.05. The lowest BCUT2D eigenvalue weighted by molar-refractivity contribution is 0.385. The molecule has 2 aliphatic rings. The van der Waals surface area contributed by atoms with Crippen molar-refractivity contribution in [3.05, 3.63) is 0 Å². The van der Waals surface area contributed by atoms with Crippen molar-refractivity contribution in [3.8, 4) is 0 Å². The van der Waals surface area contributed by atoms with E-state index in [0.717, 1.165) is 11.2 Å². The molecule has 2 rings (SSSR count). The summed E-state index contributed by atoms with van der Waals surface area (Å²) < 4.78 is 0. The van der Waals surface area contributed by atoms with Gasteiger partial charge in [-0.05, 0) is 37.6 Å². The fourth-order valence-corrected chi connectivity index (χ4v) is 2.22. The zero-order valence-electron chi connectivity index (χ0n) is 5.60. The molecular formula is C7H13NS. The second-order valence-corrected chi connectivity index (χ2v) is 4.39. The predicted molar refractivity (Wildman–Crippen MR) is 41.8 cm³/mol. The van der Waals surface area contributed by atoms with E-state index in [1.165, 1.54) is 31.7 Å². The van der Waals surface area contributed by atoms with Gasteiger partial charge in [0, 0.05) is 5.25 Å². The fourth-order valence-electron chi connectivity index (χ4n) is 0.973. The third-order valence-electron chi connectivity index (χ3n) is 1.96. The van der Waals surface area contributed by atoms with Crippen LogP contribution in [0.5, 0.6) is 0 Å². The van der Waals surface area contributed by atoms with Crippen LogP contribution in [0.3, 0.4) is 0 Å². The Morgan fingerprint density at radius 2 is 2.11 bits per heavy atom. The van der Waals surface area contributed by atoms with Crippen LogP contribution in [0.4, 0.5) is 0 Å². The number of hydrogen-bond acceptors (Lipinski definition) is 2. The maximum atomic E-state index is 3.29. The maximum absolute atomic E-state index is 3.29. The second kappa shape index (κ2) is 2.51. The Morgan fingerprint density at radius 1 is 1.33 bits per heavy atom. The van der Waals surface area contributed by atoms with E-state index in [-0.39, 0.29) is 0 Å². The minimum Gasteiger partial charge on any atom is -0.316 e. The topological polar surface area (TPSA) is 12.0 Å². The minimum absolute atomic E-state index is 1.01. The largest absolute Gasteiger partial charge is 0.316 e. The summed E-state index contributed by atoms with van der Waals surface area (Å²) in [6, 6.07) is 0. The standard InChI is InChI=1S/C7H13NS/c1-2-7(1)9-5-6-3-8-4-6/h6-8H,1-5H2. The van der Waals surface area contributed by atoms with Crippen LogP contribution in [-0.4, -0.2) is 24.1 Å². The normalized spacial score (nSPS) is 28.0. The van der Waals surface area contributed by atoms with Crippen molar-refractivity contribution < 1.29 is 0 Å². The summed E-state index contributed by atoms with van der Waals surface area (Å²) >= 11 is 2.19. The van der Waals surface area contributed by atoms with E-state index >= 15 is 0 Å². The van der Waals surface area contributed by atoms with Gasteiger partial charge in [0.25, 0.3) is 0 Å². The molecule has 0 bridgehead atoms. The molecule has 0 aromatic rings. The molecule has 0 aromatic heterocycles. The third kappa shape index (κ3) is 1.62. The van der Waals surface area contributed by atoms with Gasteiger partial charge in [-0.25, -0.2) is 0 Å². The van der Waals surface area contributed by atoms with Gasteiger partial charge in [0.1, 0.15) is 0 Å². The maximum Gasteiger partial charge on any atom is 0.00479 e.